The number of piperazine rings is 1. The van der Waals surface area contributed by atoms with Crippen molar-refractivity contribution >= 4 is 28.3 Å². The Bertz CT molecular complexity index is 531. The maximum absolute atomic E-state index is 12.7. The number of rotatable bonds is 5. The summed E-state index contributed by atoms with van der Waals surface area (Å²) in [4.78, 5) is 30.7. The zero-order valence-corrected chi connectivity index (χ0v) is 13.8. The fourth-order valence-corrected chi connectivity index (χ4v) is 3.57. The number of hydrogen-bond acceptors (Lipinski definition) is 6. The van der Waals surface area contributed by atoms with Crippen molar-refractivity contribution < 1.29 is 14.3 Å². The number of carbonyl (C=O) groups excluding carboxylic acids is 2. The van der Waals surface area contributed by atoms with E-state index in [9.17, 15) is 9.59 Å². The van der Waals surface area contributed by atoms with E-state index in [1.165, 1.54) is 11.3 Å². The van der Waals surface area contributed by atoms with Gasteiger partial charge in [0.1, 0.15) is 6.04 Å². The SMILES string of the molecule is O=C(Nc1nccs1)C(CC1CCCCO1)N1CCNCC1=O. The van der Waals surface area contributed by atoms with Crippen LogP contribution in [-0.2, 0) is 14.3 Å². The van der Waals surface area contributed by atoms with Crippen LogP contribution in [0.4, 0.5) is 5.13 Å². The third-order valence-electron chi connectivity index (χ3n) is 4.23. The summed E-state index contributed by atoms with van der Waals surface area (Å²) < 4.78 is 5.77. The summed E-state index contributed by atoms with van der Waals surface area (Å²) in [7, 11) is 0. The van der Waals surface area contributed by atoms with Gasteiger partial charge in [0.05, 0.1) is 12.6 Å². The molecule has 0 aromatic carbocycles. The molecule has 1 aromatic rings. The zero-order valence-electron chi connectivity index (χ0n) is 13.0. The second-order valence-electron chi connectivity index (χ2n) is 5.83. The van der Waals surface area contributed by atoms with Gasteiger partial charge < -0.3 is 20.3 Å². The molecule has 8 heteroatoms. The predicted octanol–water partition coefficient (Wildman–Crippen LogP) is 0.841. The lowest BCUT2D eigenvalue weighted by atomic mass is 9.99. The molecule has 0 bridgehead atoms. The smallest absolute Gasteiger partial charge is 0.249 e. The van der Waals surface area contributed by atoms with E-state index < -0.39 is 6.04 Å². The van der Waals surface area contributed by atoms with Crippen LogP contribution in [0.15, 0.2) is 11.6 Å². The summed E-state index contributed by atoms with van der Waals surface area (Å²) in [6.45, 7) is 2.27. The van der Waals surface area contributed by atoms with Crippen molar-refractivity contribution in [3.8, 4) is 0 Å². The van der Waals surface area contributed by atoms with E-state index in [0.717, 1.165) is 25.9 Å². The molecule has 2 saturated heterocycles. The van der Waals surface area contributed by atoms with Crippen LogP contribution in [0.2, 0.25) is 0 Å². The van der Waals surface area contributed by atoms with Gasteiger partial charge in [-0.05, 0) is 19.3 Å². The molecular weight excluding hydrogens is 316 g/mol. The van der Waals surface area contributed by atoms with Crippen molar-refractivity contribution in [2.24, 2.45) is 0 Å². The van der Waals surface area contributed by atoms with Crippen LogP contribution in [-0.4, -0.2) is 60.1 Å². The minimum Gasteiger partial charge on any atom is -0.378 e. The van der Waals surface area contributed by atoms with E-state index in [4.69, 9.17) is 4.74 Å². The summed E-state index contributed by atoms with van der Waals surface area (Å²) in [5.41, 5.74) is 0. The highest BCUT2D eigenvalue weighted by Crippen LogP contribution is 2.21. The van der Waals surface area contributed by atoms with Crippen molar-refractivity contribution in [1.82, 2.24) is 15.2 Å². The van der Waals surface area contributed by atoms with Gasteiger partial charge in [0.15, 0.2) is 5.13 Å². The normalized spacial score (nSPS) is 23.6. The monoisotopic (exact) mass is 338 g/mol. The number of nitrogens with one attached hydrogen (secondary N) is 2. The summed E-state index contributed by atoms with van der Waals surface area (Å²) >= 11 is 1.37. The van der Waals surface area contributed by atoms with Gasteiger partial charge in [0.2, 0.25) is 11.8 Å². The number of carbonyl (C=O) groups is 2. The standard InChI is InChI=1S/C15H22N4O3S/c20-13-10-16-4-6-19(13)12(9-11-3-1-2-7-22-11)14(21)18-15-17-5-8-23-15/h5,8,11-12,16H,1-4,6-7,9-10H2,(H,17,18,21). The van der Waals surface area contributed by atoms with Crippen molar-refractivity contribution in [3.63, 3.8) is 0 Å². The van der Waals surface area contributed by atoms with Gasteiger partial charge in [-0.3, -0.25) is 9.59 Å². The van der Waals surface area contributed by atoms with Crippen LogP contribution in [0, 0.1) is 0 Å². The Morgan fingerprint density at radius 1 is 1.57 bits per heavy atom. The van der Waals surface area contributed by atoms with E-state index in [-0.39, 0.29) is 24.5 Å². The first-order chi connectivity index (χ1) is 11.2. The first kappa shape index (κ1) is 16.4. The van der Waals surface area contributed by atoms with Crippen LogP contribution in [0.5, 0.6) is 0 Å². The van der Waals surface area contributed by atoms with E-state index in [0.29, 0.717) is 24.6 Å². The number of hydrogen-bond donors (Lipinski definition) is 2. The summed E-state index contributed by atoms with van der Waals surface area (Å²) in [5.74, 6) is -0.212. The second-order valence-corrected chi connectivity index (χ2v) is 6.73. The van der Waals surface area contributed by atoms with Gasteiger partial charge in [-0.2, -0.15) is 0 Å². The Labute approximate surface area is 139 Å². The molecule has 126 valence electrons. The van der Waals surface area contributed by atoms with Crippen molar-refractivity contribution in [2.45, 2.75) is 37.8 Å². The molecule has 2 N–H and O–H groups in total. The van der Waals surface area contributed by atoms with Crippen LogP contribution < -0.4 is 10.6 Å². The topological polar surface area (TPSA) is 83.6 Å². The summed E-state index contributed by atoms with van der Waals surface area (Å²) in [6.07, 6.45) is 5.36. The minimum atomic E-state index is -0.503. The average molecular weight is 338 g/mol. The molecule has 2 atom stereocenters. The van der Waals surface area contributed by atoms with Crippen LogP contribution >= 0.6 is 11.3 Å². The highest BCUT2D eigenvalue weighted by Gasteiger charge is 2.34. The van der Waals surface area contributed by atoms with Crippen molar-refractivity contribution in [3.05, 3.63) is 11.6 Å². The third kappa shape index (κ3) is 4.27. The van der Waals surface area contributed by atoms with Gasteiger partial charge in [-0.1, -0.05) is 0 Å². The maximum Gasteiger partial charge on any atom is 0.249 e. The molecule has 0 spiro atoms. The highest BCUT2D eigenvalue weighted by molar-refractivity contribution is 7.13. The Balaban J connectivity index is 1.71. The molecule has 23 heavy (non-hydrogen) atoms. The fourth-order valence-electron chi connectivity index (χ4n) is 3.04. The van der Waals surface area contributed by atoms with Crippen molar-refractivity contribution in [1.29, 1.82) is 0 Å². The van der Waals surface area contributed by atoms with E-state index in [2.05, 4.69) is 15.6 Å². The van der Waals surface area contributed by atoms with Gasteiger partial charge in [0, 0.05) is 37.7 Å². The number of aromatic nitrogens is 1. The Morgan fingerprint density at radius 2 is 2.48 bits per heavy atom. The summed E-state index contributed by atoms with van der Waals surface area (Å²) in [6, 6.07) is -0.503. The minimum absolute atomic E-state index is 0.0358. The molecule has 0 saturated carbocycles. The van der Waals surface area contributed by atoms with E-state index in [1.54, 1.807) is 11.1 Å². The summed E-state index contributed by atoms with van der Waals surface area (Å²) in [5, 5.41) is 8.24. The molecule has 2 unspecified atom stereocenters. The predicted molar refractivity (Wildman–Crippen MR) is 87.3 cm³/mol. The number of anilines is 1. The Morgan fingerprint density at radius 3 is 3.17 bits per heavy atom. The fraction of sp³-hybridized carbons (Fsp3) is 0.667. The molecule has 3 rings (SSSR count). The second kappa shape index (κ2) is 7.85. The lowest BCUT2D eigenvalue weighted by Gasteiger charge is -2.36. The molecule has 2 aliphatic rings. The Hall–Kier alpha value is -1.51. The molecule has 0 aliphatic carbocycles. The zero-order chi connectivity index (χ0) is 16.1. The molecular formula is C15H22N4O3S. The lowest BCUT2D eigenvalue weighted by Crippen LogP contribution is -2.56. The lowest BCUT2D eigenvalue weighted by molar-refractivity contribution is -0.141. The van der Waals surface area contributed by atoms with Gasteiger partial charge in [-0.15, -0.1) is 11.3 Å². The largest absolute Gasteiger partial charge is 0.378 e. The Kier molecular flexibility index (Phi) is 5.58. The number of thiazole rings is 1. The first-order valence-electron chi connectivity index (χ1n) is 8.06. The van der Waals surface area contributed by atoms with Crippen LogP contribution in [0.1, 0.15) is 25.7 Å². The van der Waals surface area contributed by atoms with Crippen LogP contribution in [0.3, 0.4) is 0 Å². The van der Waals surface area contributed by atoms with Crippen molar-refractivity contribution in [2.75, 3.05) is 31.6 Å². The molecule has 1 aromatic heterocycles. The molecule has 2 aliphatic heterocycles. The maximum atomic E-state index is 12.7. The van der Waals surface area contributed by atoms with E-state index >= 15 is 0 Å². The third-order valence-corrected chi connectivity index (χ3v) is 4.92. The molecule has 7 nitrogen and oxygen atoms in total. The number of ether oxygens (including phenoxy) is 1. The average Bonchev–Trinajstić information content (AvgIpc) is 3.07. The van der Waals surface area contributed by atoms with E-state index in [1.807, 2.05) is 5.38 Å². The van der Waals surface area contributed by atoms with Gasteiger partial charge >= 0.3 is 0 Å². The molecule has 2 amide bonds. The van der Waals surface area contributed by atoms with Crippen LogP contribution in [0.25, 0.3) is 0 Å². The number of nitrogens with zero attached hydrogens (tertiary/aromatic N) is 2. The number of amides is 2. The quantitative estimate of drug-likeness (QED) is 0.831. The molecule has 3 heterocycles. The van der Waals surface area contributed by atoms with Gasteiger partial charge in [-0.25, -0.2) is 4.98 Å². The first-order valence-corrected chi connectivity index (χ1v) is 8.94. The molecule has 2 fully saturated rings. The molecule has 0 radical (unpaired) electrons. The highest BCUT2D eigenvalue weighted by atomic mass is 32.1. The van der Waals surface area contributed by atoms with Gasteiger partial charge in [0.25, 0.3) is 0 Å².